The molecule has 0 radical (unpaired) electrons. The molecule has 0 amide bonds. The topological polar surface area (TPSA) is 43.4 Å². The molecular weight excluding hydrogens is 418 g/mol. The van der Waals surface area contributed by atoms with Crippen molar-refractivity contribution < 1.29 is 38.4 Å². The lowest BCUT2D eigenvalue weighted by molar-refractivity contribution is -0.0546. The van der Waals surface area contributed by atoms with Crippen LogP contribution in [0.5, 0.6) is 0 Å². The molecule has 0 aliphatic carbocycles. The molecule has 0 N–H and O–H groups in total. The summed E-state index contributed by atoms with van der Waals surface area (Å²) in [6.07, 6.45) is 2.00. The lowest BCUT2D eigenvalue weighted by Crippen LogP contribution is -2.32. The van der Waals surface area contributed by atoms with Crippen LogP contribution in [0.4, 0.5) is 26.3 Å². The Bertz CT molecular complexity index is 843. The van der Waals surface area contributed by atoms with Crippen LogP contribution in [0.2, 0.25) is 0 Å². The maximum Gasteiger partial charge on any atom is 0.523 e. The molecule has 11 heteroatoms. The molecule has 1 aliphatic rings. The number of alkyl halides is 6. The van der Waals surface area contributed by atoms with Crippen molar-refractivity contribution in [3.05, 3.63) is 34.2 Å². The van der Waals surface area contributed by atoms with E-state index in [9.17, 15) is 34.8 Å². The monoisotopic (exact) mass is 436 g/mol. The first-order valence-corrected chi connectivity index (χ1v) is 11.0. The normalized spacial score (nSPS) is 22.9. The van der Waals surface area contributed by atoms with Crippen LogP contribution in [-0.2, 0) is 20.2 Å². The van der Waals surface area contributed by atoms with E-state index in [0.29, 0.717) is 18.4 Å². The summed E-state index contributed by atoms with van der Waals surface area (Å²) in [7, 11) is -11.3. The highest BCUT2D eigenvalue weighted by atomic mass is 32.3. The van der Waals surface area contributed by atoms with Gasteiger partial charge in [0.25, 0.3) is 0 Å². The quantitative estimate of drug-likeness (QED) is 0.391. The summed E-state index contributed by atoms with van der Waals surface area (Å²) in [5.74, 6) is 0. The molecule has 0 saturated heterocycles. The Morgan fingerprint density at radius 1 is 1.07 bits per heavy atom. The zero-order valence-corrected chi connectivity index (χ0v) is 16.1. The first-order chi connectivity index (χ1) is 12.3. The first-order valence-electron chi connectivity index (χ1n) is 8.06. The fraction of sp³-hybridized carbons (Fsp3) is 0.500. The van der Waals surface area contributed by atoms with Gasteiger partial charge in [-0.3, -0.25) is 0 Å². The SMILES string of the molecule is CCCCC1=Cc2c(CC)cccc2S1(OS(=O)(=O)C(F)(F)F)C(F)(F)F. The summed E-state index contributed by atoms with van der Waals surface area (Å²) < 4.78 is 108. The van der Waals surface area contributed by atoms with Gasteiger partial charge >= 0.3 is 21.1 Å². The third kappa shape index (κ3) is 3.73. The molecule has 0 saturated carbocycles. The van der Waals surface area contributed by atoms with Crippen molar-refractivity contribution in [1.82, 2.24) is 0 Å². The third-order valence-electron chi connectivity index (χ3n) is 4.10. The van der Waals surface area contributed by atoms with E-state index in [1.165, 1.54) is 6.07 Å². The number of fused-ring (bicyclic) bond motifs is 1. The fourth-order valence-corrected chi connectivity index (χ4v) is 7.48. The highest BCUT2D eigenvalue weighted by Crippen LogP contribution is 2.79. The van der Waals surface area contributed by atoms with Gasteiger partial charge in [0.2, 0.25) is 0 Å². The lowest BCUT2D eigenvalue weighted by Gasteiger charge is -2.39. The number of hydrogen-bond acceptors (Lipinski definition) is 3. The molecule has 1 aromatic rings. The maximum atomic E-state index is 14.2. The molecule has 1 aromatic carbocycles. The van der Waals surface area contributed by atoms with Gasteiger partial charge in [-0.05, 0) is 42.5 Å². The molecule has 2 rings (SSSR count). The average molecular weight is 436 g/mol. The zero-order chi connectivity index (χ0) is 20.7. The third-order valence-corrected chi connectivity index (χ3v) is 8.89. The van der Waals surface area contributed by atoms with E-state index < -0.39 is 41.2 Å². The molecule has 1 aliphatic heterocycles. The molecule has 27 heavy (non-hydrogen) atoms. The van der Waals surface area contributed by atoms with E-state index in [1.807, 2.05) is 0 Å². The molecule has 0 bridgehead atoms. The summed E-state index contributed by atoms with van der Waals surface area (Å²) in [5.41, 5.74) is -10.7. The lowest BCUT2D eigenvalue weighted by atomic mass is 10.0. The van der Waals surface area contributed by atoms with E-state index in [0.717, 1.165) is 12.1 Å². The van der Waals surface area contributed by atoms with Crippen molar-refractivity contribution in [2.45, 2.75) is 55.4 Å². The van der Waals surface area contributed by atoms with Gasteiger partial charge in [-0.1, -0.05) is 32.4 Å². The Morgan fingerprint density at radius 3 is 2.19 bits per heavy atom. The summed E-state index contributed by atoms with van der Waals surface area (Å²) in [5, 5.41) is 0. The van der Waals surface area contributed by atoms with Gasteiger partial charge in [0.05, 0.1) is 0 Å². The van der Waals surface area contributed by atoms with Crippen LogP contribution in [0.15, 0.2) is 28.0 Å². The largest absolute Gasteiger partial charge is 0.523 e. The van der Waals surface area contributed by atoms with Crippen LogP contribution < -0.4 is 0 Å². The first kappa shape index (κ1) is 22.1. The predicted molar refractivity (Wildman–Crippen MR) is 91.3 cm³/mol. The van der Waals surface area contributed by atoms with Crippen molar-refractivity contribution in [3.8, 4) is 0 Å². The summed E-state index contributed by atoms with van der Waals surface area (Å²) >= 11 is 0. The molecule has 0 aromatic heterocycles. The minimum absolute atomic E-state index is 0.0933. The van der Waals surface area contributed by atoms with Crippen molar-refractivity contribution in [2.75, 3.05) is 0 Å². The summed E-state index contributed by atoms with van der Waals surface area (Å²) in [6, 6.07) is 3.82. The van der Waals surface area contributed by atoms with Crippen molar-refractivity contribution in [1.29, 1.82) is 0 Å². The average Bonchev–Trinajstić information content (AvgIpc) is 2.86. The number of aryl methyl sites for hydroxylation is 1. The van der Waals surface area contributed by atoms with Gasteiger partial charge in [0.1, 0.15) is 0 Å². The van der Waals surface area contributed by atoms with Crippen LogP contribution in [0.25, 0.3) is 6.08 Å². The van der Waals surface area contributed by atoms with E-state index in [4.69, 9.17) is 0 Å². The second-order valence-electron chi connectivity index (χ2n) is 5.87. The van der Waals surface area contributed by atoms with Gasteiger partial charge in [-0.15, -0.1) is 0 Å². The molecule has 1 unspecified atom stereocenters. The molecule has 3 nitrogen and oxygen atoms in total. The minimum Gasteiger partial charge on any atom is -0.196 e. The van der Waals surface area contributed by atoms with Crippen LogP contribution in [0, 0.1) is 0 Å². The second kappa shape index (κ2) is 7.32. The van der Waals surface area contributed by atoms with Crippen LogP contribution in [-0.4, -0.2) is 19.4 Å². The van der Waals surface area contributed by atoms with Gasteiger partial charge < -0.3 is 0 Å². The minimum atomic E-state index is -6.47. The zero-order valence-electron chi connectivity index (χ0n) is 14.4. The van der Waals surface area contributed by atoms with Gasteiger partial charge in [0, 0.05) is 20.1 Å². The number of benzene rings is 1. The molecular formula is C16H18F6O3S2. The number of hydrogen-bond donors (Lipinski definition) is 0. The molecule has 0 spiro atoms. The second-order valence-corrected chi connectivity index (χ2v) is 10.3. The number of unbranched alkanes of at least 4 members (excludes halogenated alkanes) is 1. The number of allylic oxidation sites excluding steroid dienone is 1. The molecule has 0 fully saturated rings. The predicted octanol–water partition coefficient (Wildman–Crippen LogP) is 6.26. The van der Waals surface area contributed by atoms with Crippen molar-refractivity contribution >= 4 is 26.5 Å². The van der Waals surface area contributed by atoms with Crippen LogP contribution >= 0.6 is 10.3 Å². The van der Waals surface area contributed by atoms with Crippen LogP contribution in [0.3, 0.4) is 0 Å². The smallest absolute Gasteiger partial charge is 0.196 e. The molecule has 1 atom stereocenters. The van der Waals surface area contributed by atoms with Gasteiger partial charge in [0.15, 0.2) is 0 Å². The van der Waals surface area contributed by atoms with E-state index >= 15 is 0 Å². The summed E-state index contributed by atoms with van der Waals surface area (Å²) in [6.45, 7) is 3.39. The number of rotatable bonds is 6. The van der Waals surface area contributed by atoms with Crippen molar-refractivity contribution in [3.63, 3.8) is 0 Å². The highest BCUT2D eigenvalue weighted by Gasteiger charge is 2.64. The fourth-order valence-electron chi connectivity index (χ4n) is 2.83. The Labute approximate surface area is 155 Å². The Balaban J connectivity index is 2.80. The standard InChI is InChI=1S/C16H18F6O3S2/c1-3-5-8-12-10-13-11(4-2)7-6-9-14(13)26(12,15(17,18)19)25-27(23,24)16(20,21)22/h6-7,9-10H,3-5,8H2,1-2H3. The number of halogens is 6. The maximum absolute atomic E-state index is 14.2. The van der Waals surface area contributed by atoms with E-state index in [-0.39, 0.29) is 18.4 Å². The Kier molecular flexibility index (Phi) is 5.99. The van der Waals surface area contributed by atoms with Crippen LogP contribution in [0.1, 0.15) is 44.2 Å². The highest BCUT2D eigenvalue weighted by molar-refractivity contribution is 8.37. The van der Waals surface area contributed by atoms with Gasteiger partial charge in [-0.25, -0.2) is 0 Å². The van der Waals surface area contributed by atoms with E-state index in [2.05, 4.69) is 3.63 Å². The van der Waals surface area contributed by atoms with E-state index in [1.54, 1.807) is 19.9 Å². The molecule has 1 heterocycles. The Hall–Kier alpha value is -1.20. The molecule has 154 valence electrons. The van der Waals surface area contributed by atoms with Gasteiger partial charge in [-0.2, -0.15) is 38.4 Å². The van der Waals surface area contributed by atoms with Crippen molar-refractivity contribution in [2.24, 2.45) is 0 Å². The Morgan fingerprint density at radius 2 is 1.70 bits per heavy atom. The summed E-state index contributed by atoms with van der Waals surface area (Å²) in [4.78, 5) is -1.01.